The Morgan fingerprint density at radius 3 is 2.47 bits per heavy atom. The number of nitrogens with zero attached hydrogens (tertiary/aromatic N) is 4. The van der Waals surface area contributed by atoms with Gasteiger partial charge in [-0.1, -0.05) is 6.07 Å². The van der Waals surface area contributed by atoms with Crippen LogP contribution in [0.4, 0.5) is 34.8 Å². The number of aromatic nitrogens is 3. The number of H-pyrrole nitrogens is 1. The van der Waals surface area contributed by atoms with Crippen LogP contribution in [0.3, 0.4) is 0 Å². The maximum absolute atomic E-state index is 14.6. The van der Waals surface area contributed by atoms with E-state index in [-0.39, 0.29) is 11.5 Å². The van der Waals surface area contributed by atoms with Crippen LogP contribution in [0.25, 0.3) is 11.3 Å². The summed E-state index contributed by atoms with van der Waals surface area (Å²) in [4.78, 5) is 10.5. The molecule has 0 atom stereocenters. The number of piperidine rings is 1. The molecule has 0 unspecified atom stereocenters. The smallest absolute Gasteiger partial charge is 0.282 e. The third-order valence-electron chi connectivity index (χ3n) is 5.76. The Balaban J connectivity index is 1.78. The lowest BCUT2D eigenvalue weighted by molar-refractivity contribution is 0.147. The molecule has 2 aromatic heterocycles. The second-order valence-electron chi connectivity index (χ2n) is 7.86. The summed E-state index contributed by atoms with van der Waals surface area (Å²) in [6.07, 6.45) is 0.0424. The van der Waals surface area contributed by atoms with E-state index in [0.29, 0.717) is 41.5 Å². The number of benzene rings is 1. The predicted octanol–water partition coefficient (Wildman–Crippen LogP) is 5.49. The van der Waals surface area contributed by atoms with Gasteiger partial charge in [0.25, 0.3) is 6.43 Å². The summed E-state index contributed by atoms with van der Waals surface area (Å²) in [5, 5.41) is 10.0. The van der Waals surface area contributed by atoms with Gasteiger partial charge in [-0.05, 0) is 44.4 Å². The SMILES string of the molecule is Cc1[nH]nc2c1NC(c1c(F)cccc1F)=Nc1c-2cc(N2CCCCC2)nc1C(F)F. The molecule has 10 heteroatoms. The van der Waals surface area contributed by atoms with Gasteiger partial charge in [-0.15, -0.1) is 0 Å². The molecule has 32 heavy (non-hydrogen) atoms. The van der Waals surface area contributed by atoms with Crippen LogP contribution in [0.1, 0.15) is 42.6 Å². The zero-order valence-corrected chi connectivity index (χ0v) is 17.2. The highest BCUT2D eigenvalue weighted by atomic mass is 19.3. The van der Waals surface area contributed by atoms with Crippen molar-refractivity contribution < 1.29 is 17.6 Å². The molecule has 6 nitrogen and oxygen atoms in total. The summed E-state index contributed by atoms with van der Waals surface area (Å²) in [6, 6.07) is 5.08. The summed E-state index contributed by atoms with van der Waals surface area (Å²) >= 11 is 0. The minimum absolute atomic E-state index is 0.156. The van der Waals surface area contributed by atoms with Crippen LogP contribution in [0.5, 0.6) is 0 Å². The summed E-state index contributed by atoms with van der Waals surface area (Å²) in [5.74, 6) is -1.53. The van der Waals surface area contributed by atoms with Crippen LogP contribution in [0.2, 0.25) is 0 Å². The lowest BCUT2D eigenvalue weighted by Gasteiger charge is -2.28. The molecule has 2 aliphatic rings. The number of hydrogen-bond donors (Lipinski definition) is 2. The third-order valence-corrected chi connectivity index (χ3v) is 5.76. The van der Waals surface area contributed by atoms with E-state index in [0.717, 1.165) is 31.4 Å². The maximum Gasteiger partial charge on any atom is 0.282 e. The standard InChI is InChI=1S/C22H20F4N6/c1-11-17-19(31-30-11)12-10-15(32-8-3-2-4-9-32)27-20(21(25)26)18(12)29-22(28-17)16-13(23)6-5-7-14(16)24/h5-7,10,21H,2-4,8-9H2,1H3,(H,28,29)(H,30,31). The third kappa shape index (κ3) is 3.39. The van der Waals surface area contributed by atoms with Crippen molar-refractivity contribution in [3.8, 4) is 11.3 Å². The zero-order valence-electron chi connectivity index (χ0n) is 17.2. The number of aliphatic imine (C=N–C) groups is 1. The van der Waals surface area contributed by atoms with E-state index in [1.807, 2.05) is 4.90 Å². The molecule has 0 amide bonds. The fraction of sp³-hybridized carbons (Fsp3) is 0.318. The first-order chi connectivity index (χ1) is 15.4. The van der Waals surface area contributed by atoms with E-state index in [1.54, 1.807) is 13.0 Å². The van der Waals surface area contributed by atoms with Crippen LogP contribution >= 0.6 is 0 Å². The van der Waals surface area contributed by atoms with Gasteiger partial charge in [-0.25, -0.2) is 27.5 Å². The number of hydrogen-bond acceptors (Lipinski definition) is 5. The number of nitrogens with one attached hydrogen (secondary N) is 2. The average molecular weight is 444 g/mol. The van der Waals surface area contributed by atoms with Gasteiger partial charge in [0.1, 0.15) is 40.4 Å². The first-order valence-corrected chi connectivity index (χ1v) is 10.4. The second-order valence-corrected chi connectivity index (χ2v) is 7.86. The fourth-order valence-corrected chi connectivity index (χ4v) is 4.16. The summed E-state index contributed by atoms with van der Waals surface area (Å²) in [5.41, 5.74) is 0.523. The molecule has 0 bridgehead atoms. The van der Waals surface area contributed by atoms with Gasteiger partial charge in [-0.2, -0.15) is 5.10 Å². The molecule has 1 fully saturated rings. The highest BCUT2D eigenvalue weighted by molar-refractivity contribution is 6.14. The van der Waals surface area contributed by atoms with Gasteiger partial charge in [0.15, 0.2) is 0 Å². The van der Waals surface area contributed by atoms with Crippen molar-refractivity contribution >= 4 is 23.0 Å². The Kier molecular flexibility index (Phi) is 5.07. The number of halogens is 4. The second kappa shape index (κ2) is 7.92. The first-order valence-electron chi connectivity index (χ1n) is 10.4. The number of alkyl halides is 2. The number of aromatic amines is 1. The Morgan fingerprint density at radius 2 is 1.78 bits per heavy atom. The molecule has 5 rings (SSSR count). The largest absolute Gasteiger partial charge is 0.357 e. The Hall–Kier alpha value is -3.43. The zero-order chi connectivity index (χ0) is 22.4. The normalized spacial score (nSPS) is 15.7. The van der Waals surface area contributed by atoms with E-state index < -0.39 is 29.3 Å². The van der Waals surface area contributed by atoms with Crippen molar-refractivity contribution in [1.82, 2.24) is 15.2 Å². The molecule has 2 N–H and O–H groups in total. The molecule has 1 saturated heterocycles. The van der Waals surface area contributed by atoms with Crippen LogP contribution in [-0.2, 0) is 0 Å². The molecule has 4 heterocycles. The molecular formula is C22H20F4N6. The lowest BCUT2D eigenvalue weighted by Crippen LogP contribution is -2.30. The van der Waals surface area contributed by atoms with Crippen LogP contribution in [0, 0.1) is 18.6 Å². The molecule has 3 aromatic rings. The summed E-state index contributed by atoms with van der Waals surface area (Å²) in [6.45, 7) is 3.15. The highest BCUT2D eigenvalue weighted by Crippen LogP contribution is 2.44. The lowest BCUT2D eigenvalue weighted by atomic mass is 10.1. The van der Waals surface area contributed by atoms with Crippen LogP contribution in [-0.4, -0.2) is 34.1 Å². The van der Waals surface area contributed by atoms with E-state index in [4.69, 9.17) is 0 Å². The topological polar surface area (TPSA) is 69.2 Å². The Morgan fingerprint density at radius 1 is 1.06 bits per heavy atom. The van der Waals surface area contributed by atoms with E-state index in [9.17, 15) is 17.6 Å². The first kappa shape index (κ1) is 20.5. The Labute approximate surface area is 181 Å². The maximum atomic E-state index is 14.6. The van der Waals surface area contributed by atoms with E-state index in [1.165, 1.54) is 6.07 Å². The molecule has 0 aliphatic carbocycles. The summed E-state index contributed by atoms with van der Waals surface area (Å²) in [7, 11) is 0. The number of anilines is 2. The number of fused-ring (bicyclic) bond motifs is 3. The van der Waals surface area contributed by atoms with E-state index in [2.05, 4.69) is 25.5 Å². The number of rotatable bonds is 3. The van der Waals surface area contributed by atoms with Gasteiger partial charge in [0.2, 0.25) is 0 Å². The van der Waals surface area contributed by atoms with E-state index >= 15 is 0 Å². The molecule has 0 spiro atoms. The molecule has 166 valence electrons. The number of pyridine rings is 1. The quantitative estimate of drug-likeness (QED) is 0.524. The minimum atomic E-state index is -2.94. The Bertz CT molecular complexity index is 1190. The van der Waals surface area contributed by atoms with Gasteiger partial charge in [0, 0.05) is 18.7 Å². The predicted molar refractivity (Wildman–Crippen MR) is 114 cm³/mol. The van der Waals surface area contributed by atoms with Gasteiger partial charge >= 0.3 is 0 Å². The minimum Gasteiger partial charge on any atom is -0.357 e. The van der Waals surface area contributed by atoms with Crippen molar-refractivity contribution in [1.29, 1.82) is 0 Å². The average Bonchev–Trinajstić information content (AvgIpc) is 3.05. The number of amidine groups is 1. The van der Waals surface area contributed by atoms with Crippen molar-refractivity contribution in [3.05, 3.63) is 52.9 Å². The molecular weight excluding hydrogens is 424 g/mol. The molecule has 2 aliphatic heterocycles. The molecule has 0 saturated carbocycles. The summed E-state index contributed by atoms with van der Waals surface area (Å²) < 4.78 is 57.4. The van der Waals surface area contributed by atoms with Crippen molar-refractivity contribution in [2.24, 2.45) is 4.99 Å². The van der Waals surface area contributed by atoms with Crippen molar-refractivity contribution in [2.75, 3.05) is 23.3 Å². The monoisotopic (exact) mass is 444 g/mol. The van der Waals surface area contributed by atoms with Gasteiger partial charge < -0.3 is 10.2 Å². The van der Waals surface area contributed by atoms with Crippen LogP contribution in [0.15, 0.2) is 29.3 Å². The number of aryl methyl sites for hydroxylation is 1. The van der Waals surface area contributed by atoms with Crippen LogP contribution < -0.4 is 10.2 Å². The highest BCUT2D eigenvalue weighted by Gasteiger charge is 2.30. The van der Waals surface area contributed by atoms with Gasteiger partial charge in [-0.3, -0.25) is 5.10 Å². The van der Waals surface area contributed by atoms with Crippen molar-refractivity contribution in [2.45, 2.75) is 32.6 Å². The van der Waals surface area contributed by atoms with Gasteiger partial charge in [0.05, 0.1) is 16.9 Å². The van der Waals surface area contributed by atoms with Crippen molar-refractivity contribution in [3.63, 3.8) is 0 Å². The molecule has 1 aromatic carbocycles. The molecule has 0 radical (unpaired) electrons. The fourth-order valence-electron chi connectivity index (χ4n) is 4.16.